The van der Waals surface area contributed by atoms with E-state index in [9.17, 15) is 4.79 Å². The minimum atomic E-state index is 0.0211. The number of thiazole rings is 1. The molecule has 0 atom stereocenters. The zero-order valence-electron chi connectivity index (χ0n) is 12.2. The number of aromatic nitrogens is 1. The Hall–Kier alpha value is -1.43. The van der Waals surface area contributed by atoms with Gasteiger partial charge < -0.3 is 9.72 Å². The molecule has 0 amide bonds. The summed E-state index contributed by atoms with van der Waals surface area (Å²) < 4.78 is 5.38. The molecule has 4 nitrogen and oxygen atoms in total. The average Bonchev–Trinajstić information content (AvgIpc) is 2.89. The largest absolute Gasteiger partial charge is 0.379 e. The van der Waals surface area contributed by atoms with Gasteiger partial charge in [0, 0.05) is 24.5 Å². The van der Waals surface area contributed by atoms with Gasteiger partial charge in [-0.15, -0.1) is 0 Å². The molecule has 0 radical (unpaired) electrons. The van der Waals surface area contributed by atoms with Gasteiger partial charge in [0.15, 0.2) is 0 Å². The molecule has 0 aliphatic carbocycles. The van der Waals surface area contributed by atoms with Crippen molar-refractivity contribution in [2.75, 3.05) is 26.3 Å². The van der Waals surface area contributed by atoms with Gasteiger partial charge in [0.25, 0.3) is 0 Å². The summed E-state index contributed by atoms with van der Waals surface area (Å²) in [6, 6.07) is 8.45. The first kappa shape index (κ1) is 14.5. The zero-order chi connectivity index (χ0) is 14.7. The van der Waals surface area contributed by atoms with Crippen LogP contribution in [0, 0.1) is 0 Å². The first-order valence-electron chi connectivity index (χ1n) is 7.37. The van der Waals surface area contributed by atoms with E-state index in [2.05, 4.69) is 41.1 Å². The Balaban J connectivity index is 1.85. The van der Waals surface area contributed by atoms with Crippen LogP contribution in [0.25, 0.3) is 11.3 Å². The molecule has 1 aromatic carbocycles. The lowest BCUT2D eigenvalue weighted by molar-refractivity contribution is 0.0347. The molecule has 1 aliphatic rings. The van der Waals surface area contributed by atoms with Crippen LogP contribution in [0.1, 0.15) is 17.4 Å². The van der Waals surface area contributed by atoms with E-state index in [0.717, 1.165) is 55.4 Å². The Bertz CT molecular complexity index is 639. The van der Waals surface area contributed by atoms with Crippen molar-refractivity contribution in [3.8, 4) is 11.3 Å². The molecule has 2 heterocycles. The average molecular weight is 304 g/mol. The molecule has 112 valence electrons. The van der Waals surface area contributed by atoms with Crippen LogP contribution in [0.2, 0.25) is 0 Å². The van der Waals surface area contributed by atoms with Gasteiger partial charge in [-0.25, -0.2) is 0 Å². The number of benzene rings is 1. The van der Waals surface area contributed by atoms with Gasteiger partial charge in [-0.2, -0.15) is 0 Å². The monoisotopic (exact) mass is 304 g/mol. The highest BCUT2D eigenvalue weighted by molar-refractivity contribution is 7.09. The van der Waals surface area contributed by atoms with Crippen molar-refractivity contribution in [2.24, 2.45) is 0 Å². The quantitative estimate of drug-likeness (QED) is 0.944. The van der Waals surface area contributed by atoms with Crippen molar-refractivity contribution in [2.45, 2.75) is 19.9 Å². The summed E-state index contributed by atoms with van der Waals surface area (Å²) in [7, 11) is 0. The van der Waals surface area contributed by atoms with Gasteiger partial charge in [0.1, 0.15) is 0 Å². The van der Waals surface area contributed by atoms with Gasteiger partial charge in [-0.05, 0) is 17.5 Å². The highest BCUT2D eigenvalue weighted by Gasteiger charge is 2.16. The SMILES string of the molecule is CCc1ccc(-c2[nH]c(=O)sc2CN2CCOCC2)cc1. The number of aryl methyl sites for hydroxylation is 1. The van der Waals surface area contributed by atoms with E-state index in [4.69, 9.17) is 4.74 Å². The molecule has 21 heavy (non-hydrogen) atoms. The van der Waals surface area contributed by atoms with Crippen molar-refractivity contribution >= 4 is 11.3 Å². The maximum atomic E-state index is 11.8. The second-order valence-electron chi connectivity index (χ2n) is 5.25. The molecule has 1 fully saturated rings. The lowest BCUT2D eigenvalue weighted by Crippen LogP contribution is -2.35. The molecule has 0 bridgehead atoms. The van der Waals surface area contributed by atoms with E-state index in [0.29, 0.717) is 0 Å². The predicted molar refractivity (Wildman–Crippen MR) is 85.8 cm³/mol. The molecular formula is C16H20N2O2S. The number of nitrogens with one attached hydrogen (secondary N) is 1. The van der Waals surface area contributed by atoms with Crippen molar-refractivity contribution in [1.29, 1.82) is 0 Å². The van der Waals surface area contributed by atoms with Gasteiger partial charge in [-0.1, -0.05) is 42.5 Å². The molecule has 0 spiro atoms. The van der Waals surface area contributed by atoms with Gasteiger partial charge in [0.2, 0.25) is 0 Å². The van der Waals surface area contributed by atoms with E-state index in [1.54, 1.807) is 0 Å². The van der Waals surface area contributed by atoms with Gasteiger partial charge in [-0.3, -0.25) is 9.69 Å². The topological polar surface area (TPSA) is 45.3 Å². The first-order valence-corrected chi connectivity index (χ1v) is 8.19. The minimum Gasteiger partial charge on any atom is -0.379 e. The van der Waals surface area contributed by atoms with Crippen LogP contribution >= 0.6 is 11.3 Å². The van der Waals surface area contributed by atoms with E-state index < -0.39 is 0 Å². The fourth-order valence-electron chi connectivity index (χ4n) is 2.57. The predicted octanol–water partition coefficient (Wildman–Crippen LogP) is 2.50. The highest BCUT2D eigenvalue weighted by atomic mass is 32.1. The number of nitrogens with zero attached hydrogens (tertiary/aromatic N) is 1. The van der Waals surface area contributed by atoms with Crippen molar-refractivity contribution in [3.05, 3.63) is 44.4 Å². The summed E-state index contributed by atoms with van der Waals surface area (Å²) in [5.41, 5.74) is 3.37. The Labute approximate surface area is 128 Å². The Morgan fingerprint density at radius 1 is 1.24 bits per heavy atom. The molecule has 2 aromatic rings. The number of rotatable bonds is 4. The summed E-state index contributed by atoms with van der Waals surface area (Å²) in [6.45, 7) is 6.38. The fraction of sp³-hybridized carbons (Fsp3) is 0.438. The van der Waals surface area contributed by atoms with Crippen molar-refractivity contribution < 1.29 is 4.74 Å². The van der Waals surface area contributed by atoms with E-state index >= 15 is 0 Å². The lowest BCUT2D eigenvalue weighted by atomic mass is 10.1. The zero-order valence-corrected chi connectivity index (χ0v) is 13.0. The van der Waals surface area contributed by atoms with Crippen LogP contribution in [-0.2, 0) is 17.7 Å². The molecule has 0 unspecified atom stereocenters. The van der Waals surface area contributed by atoms with E-state index in [1.807, 2.05) is 0 Å². The smallest absolute Gasteiger partial charge is 0.305 e. The third-order valence-corrected chi connectivity index (χ3v) is 4.71. The summed E-state index contributed by atoms with van der Waals surface area (Å²) in [4.78, 5) is 18.2. The van der Waals surface area contributed by atoms with Crippen molar-refractivity contribution in [1.82, 2.24) is 9.88 Å². The Morgan fingerprint density at radius 3 is 2.62 bits per heavy atom. The normalized spacial score (nSPS) is 16.2. The van der Waals surface area contributed by atoms with Crippen LogP contribution < -0.4 is 4.87 Å². The molecular weight excluding hydrogens is 284 g/mol. The second-order valence-corrected chi connectivity index (χ2v) is 6.32. The van der Waals surface area contributed by atoms with E-state index in [-0.39, 0.29) is 4.87 Å². The van der Waals surface area contributed by atoms with Gasteiger partial charge in [0.05, 0.1) is 18.9 Å². The fourth-order valence-corrected chi connectivity index (χ4v) is 3.47. The summed E-state index contributed by atoms with van der Waals surface area (Å²) >= 11 is 1.32. The maximum Gasteiger partial charge on any atom is 0.305 e. The second kappa shape index (κ2) is 6.56. The van der Waals surface area contributed by atoms with Gasteiger partial charge >= 0.3 is 4.87 Å². The summed E-state index contributed by atoms with van der Waals surface area (Å²) in [5, 5.41) is 0. The number of aromatic amines is 1. The highest BCUT2D eigenvalue weighted by Crippen LogP contribution is 2.25. The lowest BCUT2D eigenvalue weighted by Gasteiger charge is -2.26. The third kappa shape index (κ3) is 3.43. The van der Waals surface area contributed by atoms with Crippen LogP contribution in [0.4, 0.5) is 0 Å². The number of ether oxygens (including phenoxy) is 1. The number of H-pyrrole nitrogens is 1. The van der Waals surface area contributed by atoms with Crippen LogP contribution in [0.15, 0.2) is 29.1 Å². The molecule has 1 aliphatic heterocycles. The van der Waals surface area contributed by atoms with E-state index in [1.165, 1.54) is 16.9 Å². The number of hydrogen-bond acceptors (Lipinski definition) is 4. The Morgan fingerprint density at radius 2 is 1.95 bits per heavy atom. The summed E-state index contributed by atoms with van der Waals surface area (Å²) in [5.74, 6) is 0. The number of hydrogen-bond donors (Lipinski definition) is 1. The number of morpholine rings is 1. The van der Waals surface area contributed by atoms with Crippen LogP contribution in [0.5, 0.6) is 0 Å². The third-order valence-electron chi connectivity index (χ3n) is 3.84. The Kier molecular flexibility index (Phi) is 4.53. The van der Waals surface area contributed by atoms with Crippen molar-refractivity contribution in [3.63, 3.8) is 0 Å². The maximum absolute atomic E-state index is 11.8. The molecule has 0 saturated carbocycles. The standard InChI is InChI=1S/C16H20N2O2S/c1-2-12-3-5-13(6-4-12)15-14(21-16(19)17-15)11-18-7-9-20-10-8-18/h3-6H,2,7-11H2,1H3,(H,17,19). The molecule has 3 rings (SSSR count). The molecule has 1 saturated heterocycles. The molecule has 1 N–H and O–H groups in total. The molecule has 5 heteroatoms. The minimum absolute atomic E-state index is 0.0211. The van der Waals surface area contributed by atoms with Crippen LogP contribution in [-0.4, -0.2) is 36.2 Å². The summed E-state index contributed by atoms with van der Waals surface area (Å²) in [6.07, 6.45) is 1.03. The first-order chi connectivity index (χ1) is 10.3. The molecule has 1 aromatic heterocycles. The van der Waals surface area contributed by atoms with Crippen LogP contribution in [0.3, 0.4) is 0 Å².